The summed E-state index contributed by atoms with van der Waals surface area (Å²) in [6, 6.07) is 93.2. The Kier molecular flexibility index (Phi) is 8.34. The van der Waals surface area contributed by atoms with Crippen LogP contribution in [-0.2, 0) is 0 Å². The number of hydrogen-bond acceptors (Lipinski definition) is 0. The maximum Gasteiger partial charge on any atom is 0.179 e. The third kappa shape index (κ3) is 5.31. The Hall–Kier alpha value is -7.98. The molecule has 1 unspecified atom stereocenters. The number of aromatic nitrogens is 2. The zero-order chi connectivity index (χ0) is 42.2. The topological polar surface area (TPSA) is 9.86 Å². The zero-order valence-electron chi connectivity index (χ0n) is 35.1. The Morgan fingerprint density at radius 3 is 1.55 bits per heavy atom. The van der Waals surface area contributed by atoms with Crippen LogP contribution in [0.15, 0.2) is 249 Å². The molecule has 0 spiro atoms. The Morgan fingerprint density at radius 2 is 0.828 bits per heavy atom. The highest BCUT2D eigenvalue weighted by Crippen LogP contribution is 2.52. The first-order chi connectivity index (χ1) is 31.8. The third-order valence-corrected chi connectivity index (χ3v) is 18.7. The highest BCUT2D eigenvalue weighted by molar-refractivity contribution is 7.20. The number of fused-ring (bicyclic) bond motifs is 10. The van der Waals surface area contributed by atoms with Gasteiger partial charge in [0.1, 0.15) is 0 Å². The van der Waals surface area contributed by atoms with E-state index in [9.17, 15) is 0 Å². The van der Waals surface area contributed by atoms with Gasteiger partial charge in [0.2, 0.25) is 0 Å². The van der Waals surface area contributed by atoms with Crippen LogP contribution in [0.4, 0.5) is 0 Å². The first-order valence-corrected chi connectivity index (χ1v) is 24.3. The molecule has 3 heteroatoms. The van der Waals surface area contributed by atoms with E-state index in [1.54, 1.807) is 0 Å². The van der Waals surface area contributed by atoms with E-state index in [4.69, 9.17) is 0 Å². The predicted octanol–water partition coefficient (Wildman–Crippen LogP) is 12.4. The highest BCUT2D eigenvalue weighted by Gasteiger charge is 2.42. The minimum atomic E-state index is -3.03. The van der Waals surface area contributed by atoms with Gasteiger partial charge in [-0.1, -0.05) is 206 Å². The largest absolute Gasteiger partial charge is 0.309 e. The Balaban J connectivity index is 1.13. The average molecular weight is 831 g/mol. The summed E-state index contributed by atoms with van der Waals surface area (Å²) in [5.41, 5.74) is 13.9. The fourth-order valence-electron chi connectivity index (χ4n) is 11.3. The van der Waals surface area contributed by atoms with Crippen molar-refractivity contribution in [2.45, 2.75) is 5.92 Å². The quantitative estimate of drug-likeness (QED) is 0.112. The number of para-hydroxylation sites is 3. The van der Waals surface area contributed by atoms with Crippen molar-refractivity contribution in [2.24, 2.45) is 0 Å². The maximum absolute atomic E-state index is 3.03. The fraction of sp³-hybridized carbons (Fsp3) is 0.0164. The summed E-state index contributed by atoms with van der Waals surface area (Å²) in [7, 11) is -3.03. The van der Waals surface area contributed by atoms with Crippen LogP contribution in [0.25, 0.3) is 66.1 Å². The molecular weight excluding hydrogens is 789 g/mol. The third-order valence-electron chi connectivity index (χ3n) is 13.9. The molecule has 2 heterocycles. The maximum atomic E-state index is 2.58. The minimum Gasteiger partial charge on any atom is -0.309 e. The molecule has 0 bridgehead atoms. The molecule has 1 aliphatic carbocycles. The van der Waals surface area contributed by atoms with Crippen molar-refractivity contribution in [1.82, 2.24) is 9.13 Å². The van der Waals surface area contributed by atoms with Crippen molar-refractivity contribution >= 4 is 72.4 Å². The first-order valence-electron chi connectivity index (χ1n) is 22.3. The molecule has 300 valence electrons. The summed E-state index contributed by atoms with van der Waals surface area (Å²) in [6.07, 6.45) is 0. The average Bonchev–Trinajstić information content (AvgIpc) is 4.01. The van der Waals surface area contributed by atoms with Gasteiger partial charge in [0.25, 0.3) is 0 Å². The van der Waals surface area contributed by atoms with Crippen LogP contribution in [0.5, 0.6) is 0 Å². The van der Waals surface area contributed by atoms with E-state index < -0.39 is 8.07 Å². The molecule has 10 aromatic carbocycles. The van der Waals surface area contributed by atoms with E-state index in [1.807, 2.05) is 0 Å². The molecule has 2 nitrogen and oxygen atoms in total. The molecular formula is C61H42N2Si. The molecule has 1 aliphatic rings. The lowest BCUT2D eigenvalue weighted by molar-refractivity contribution is 1.01. The second-order valence-corrected chi connectivity index (χ2v) is 21.0. The zero-order valence-corrected chi connectivity index (χ0v) is 36.1. The molecule has 0 radical (unpaired) electrons. The summed E-state index contributed by atoms with van der Waals surface area (Å²) in [6.45, 7) is 0. The standard InChI is InChI=1S/C61H42N2Si/c1-5-20-42(21-6-1)59-53-33-14-13-30-49(53)54-38-39-55-51-32-16-18-35-57(51)63(61(55)60(54)59)44-24-19-29-47(40-44)64(45-25-9-3-10-26-45,46-27-11-4-12-28-46)48-36-37-52-50-31-15-17-34-56(50)62(58(52)41-48)43-22-7-2-8-23-43/h1-41,59H. The van der Waals surface area contributed by atoms with E-state index in [2.05, 4.69) is 258 Å². The number of nitrogens with zero attached hydrogens (tertiary/aromatic N) is 2. The van der Waals surface area contributed by atoms with Gasteiger partial charge in [-0.3, -0.25) is 0 Å². The molecule has 0 N–H and O–H groups in total. The molecule has 0 amide bonds. The SMILES string of the molecule is c1ccc(C2c3ccccc3-c3ccc4c5ccccc5n(-c5cccc([Si](c6ccccc6)(c6ccccc6)c6ccc7c8ccccc8n(-c8ccccc8)c7c6)c5)c4c32)cc1. The van der Waals surface area contributed by atoms with Gasteiger partial charge in [-0.2, -0.15) is 0 Å². The van der Waals surface area contributed by atoms with E-state index in [0.717, 1.165) is 5.69 Å². The van der Waals surface area contributed by atoms with Crippen LogP contribution >= 0.6 is 0 Å². The summed E-state index contributed by atoms with van der Waals surface area (Å²) >= 11 is 0. The predicted molar refractivity (Wildman–Crippen MR) is 272 cm³/mol. The van der Waals surface area contributed by atoms with Gasteiger partial charge in [0.05, 0.1) is 22.1 Å². The van der Waals surface area contributed by atoms with E-state index in [0.29, 0.717) is 0 Å². The Labute approximate surface area is 373 Å². The van der Waals surface area contributed by atoms with Gasteiger partial charge in [-0.25, -0.2) is 0 Å². The number of rotatable bonds is 7. The molecule has 1 atom stereocenters. The van der Waals surface area contributed by atoms with Crippen molar-refractivity contribution in [3.8, 4) is 22.5 Å². The Morgan fingerprint density at radius 1 is 0.312 bits per heavy atom. The molecule has 2 aromatic heterocycles. The number of benzene rings is 10. The molecule has 0 aliphatic heterocycles. The number of hydrogen-bond donors (Lipinski definition) is 0. The van der Waals surface area contributed by atoms with Gasteiger partial charge in [-0.05, 0) is 91.0 Å². The molecule has 13 rings (SSSR count). The van der Waals surface area contributed by atoms with Crippen LogP contribution in [0.1, 0.15) is 22.6 Å². The van der Waals surface area contributed by atoms with E-state index >= 15 is 0 Å². The normalized spacial score (nSPS) is 13.5. The van der Waals surface area contributed by atoms with Crippen molar-refractivity contribution in [1.29, 1.82) is 0 Å². The second-order valence-electron chi connectivity index (χ2n) is 17.2. The minimum absolute atomic E-state index is 0.104. The van der Waals surface area contributed by atoms with Crippen molar-refractivity contribution in [3.63, 3.8) is 0 Å². The highest BCUT2D eigenvalue weighted by atomic mass is 28.3. The van der Waals surface area contributed by atoms with Crippen LogP contribution in [0, 0.1) is 0 Å². The van der Waals surface area contributed by atoms with Gasteiger partial charge in [-0.15, -0.1) is 0 Å². The second kappa shape index (κ2) is 14.6. The van der Waals surface area contributed by atoms with Crippen LogP contribution in [0.2, 0.25) is 0 Å². The summed E-state index contributed by atoms with van der Waals surface area (Å²) in [5, 5.41) is 10.4. The fourth-order valence-corrected chi connectivity index (χ4v) is 16.1. The first kappa shape index (κ1) is 36.7. The van der Waals surface area contributed by atoms with Crippen molar-refractivity contribution in [3.05, 3.63) is 265 Å². The lowest BCUT2D eigenvalue weighted by Gasteiger charge is -2.35. The van der Waals surface area contributed by atoms with Crippen LogP contribution < -0.4 is 20.7 Å². The van der Waals surface area contributed by atoms with Crippen molar-refractivity contribution in [2.75, 3.05) is 0 Å². The van der Waals surface area contributed by atoms with E-state index in [-0.39, 0.29) is 5.92 Å². The smallest absolute Gasteiger partial charge is 0.179 e. The van der Waals surface area contributed by atoms with E-state index in [1.165, 1.54) is 97.9 Å². The molecule has 64 heavy (non-hydrogen) atoms. The summed E-state index contributed by atoms with van der Waals surface area (Å²) < 4.78 is 5.04. The monoisotopic (exact) mass is 830 g/mol. The van der Waals surface area contributed by atoms with Gasteiger partial charge < -0.3 is 9.13 Å². The Bertz CT molecular complexity index is 3680. The molecule has 0 fully saturated rings. The van der Waals surface area contributed by atoms with Crippen LogP contribution in [0.3, 0.4) is 0 Å². The van der Waals surface area contributed by atoms with Gasteiger partial charge in [0.15, 0.2) is 8.07 Å². The molecule has 12 aromatic rings. The summed E-state index contributed by atoms with van der Waals surface area (Å²) in [4.78, 5) is 0. The molecule has 0 saturated carbocycles. The lowest BCUT2D eigenvalue weighted by atomic mass is 9.88. The van der Waals surface area contributed by atoms with Crippen molar-refractivity contribution < 1.29 is 0 Å². The van der Waals surface area contributed by atoms with Crippen LogP contribution in [-0.4, -0.2) is 17.2 Å². The van der Waals surface area contributed by atoms with Gasteiger partial charge >= 0.3 is 0 Å². The molecule has 0 saturated heterocycles. The van der Waals surface area contributed by atoms with Gasteiger partial charge in [0, 0.05) is 38.8 Å². The lowest BCUT2D eigenvalue weighted by Crippen LogP contribution is -2.74. The summed E-state index contributed by atoms with van der Waals surface area (Å²) in [5.74, 6) is 0.104.